The first-order chi connectivity index (χ1) is 14.7. The smallest absolute Gasteiger partial charge is 0.410 e. The van der Waals surface area contributed by atoms with Crippen molar-refractivity contribution in [3.05, 3.63) is 65.7 Å². The number of ether oxygens (including phenoxy) is 2. The molecular formula is C25H31NO5. The number of carbonyl (C=O) groups excluding carboxylic acids is 1. The maximum atomic E-state index is 12.3. The van der Waals surface area contributed by atoms with Gasteiger partial charge in [-0.1, -0.05) is 42.5 Å². The van der Waals surface area contributed by atoms with E-state index in [-0.39, 0.29) is 12.0 Å². The van der Waals surface area contributed by atoms with E-state index in [2.05, 4.69) is 0 Å². The van der Waals surface area contributed by atoms with Crippen LogP contribution in [0.4, 0.5) is 4.79 Å². The average Bonchev–Trinajstić information content (AvgIpc) is 3.20. The van der Waals surface area contributed by atoms with Crippen LogP contribution >= 0.6 is 0 Å². The number of carboxylic acids is 1. The van der Waals surface area contributed by atoms with Gasteiger partial charge in [0.2, 0.25) is 0 Å². The summed E-state index contributed by atoms with van der Waals surface area (Å²) in [6.07, 6.45) is 0.668. The molecule has 3 rings (SSSR count). The summed E-state index contributed by atoms with van der Waals surface area (Å²) in [4.78, 5) is 26.0. The molecule has 166 valence electrons. The van der Waals surface area contributed by atoms with Crippen molar-refractivity contribution >= 4 is 12.1 Å². The van der Waals surface area contributed by atoms with Crippen LogP contribution in [0.2, 0.25) is 0 Å². The first-order valence-corrected chi connectivity index (χ1v) is 10.7. The van der Waals surface area contributed by atoms with E-state index >= 15 is 0 Å². The Labute approximate surface area is 183 Å². The molecule has 0 spiro atoms. The van der Waals surface area contributed by atoms with Crippen molar-refractivity contribution in [2.75, 3.05) is 13.1 Å². The lowest BCUT2D eigenvalue weighted by atomic mass is 9.86. The molecule has 1 aliphatic heterocycles. The number of benzene rings is 2. The lowest BCUT2D eigenvalue weighted by Gasteiger charge is -2.25. The number of rotatable bonds is 7. The van der Waals surface area contributed by atoms with Gasteiger partial charge < -0.3 is 19.5 Å². The third-order valence-corrected chi connectivity index (χ3v) is 5.37. The van der Waals surface area contributed by atoms with Gasteiger partial charge in [-0.05, 0) is 62.8 Å². The van der Waals surface area contributed by atoms with Gasteiger partial charge in [0.1, 0.15) is 18.0 Å². The second-order valence-electron chi connectivity index (χ2n) is 9.05. The summed E-state index contributed by atoms with van der Waals surface area (Å²) >= 11 is 0. The van der Waals surface area contributed by atoms with Crippen LogP contribution in [-0.2, 0) is 22.6 Å². The summed E-state index contributed by atoms with van der Waals surface area (Å²) in [6, 6.07) is 17.5. The number of nitrogens with zero attached hydrogens (tertiary/aromatic N) is 1. The standard InChI is InChI=1S/C25H31NO5/c1-25(2,3)31-24(29)26-13-12-20(16-26)22(23(27)28)15-19-10-7-11-21(14-19)30-17-18-8-5-4-6-9-18/h4-11,14,20,22H,12-13,15-17H2,1-3H3,(H,27,28). The molecule has 2 aromatic carbocycles. The van der Waals surface area contributed by atoms with Gasteiger partial charge in [-0.15, -0.1) is 0 Å². The van der Waals surface area contributed by atoms with Crippen molar-refractivity contribution in [2.24, 2.45) is 11.8 Å². The molecule has 2 aromatic rings. The van der Waals surface area contributed by atoms with Crippen molar-refractivity contribution in [3.8, 4) is 5.75 Å². The zero-order chi connectivity index (χ0) is 22.4. The predicted molar refractivity (Wildman–Crippen MR) is 118 cm³/mol. The van der Waals surface area contributed by atoms with Crippen LogP contribution in [0.15, 0.2) is 54.6 Å². The lowest BCUT2D eigenvalue weighted by molar-refractivity contribution is -0.143. The Bertz CT molecular complexity index is 890. The number of hydrogen-bond donors (Lipinski definition) is 1. The van der Waals surface area contributed by atoms with E-state index in [0.29, 0.717) is 38.3 Å². The van der Waals surface area contributed by atoms with Crippen molar-refractivity contribution in [2.45, 2.75) is 45.8 Å². The van der Waals surface area contributed by atoms with Crippen molar-refractivity contribution in [3.63, 3.8) is 0 Å². The predicted octanol–water partition coefficient (Wildman–Crippen LogP) is 4.77. The highest BCUT2D eigenvalue weighted by molar-refractivity contribution is 5.72. The number of aliphatic carboxylic acids is 1. The van der Waals surface area contributed by atoms with Crippen LogP contribution in [0.5, 0.6) is 5.75 Å². The highest BCUT2D eigenvalue weighted by atomic mass is 16.6. The fraction of sp³-hybridized carbons (Fsp3) is 0.440. The summed E-state index contributed by atoms with van der Waals surface area (Å²) < 4.78 is 11.3. The Morgan fingerprint density at radius 2 is 1.81 bits per heavy atom. The Hall–Kier alpha value is -3.02. The van der Waals surface area contributed by atoms with Gasteiger partial charge in [-0.2, -0.15) is 0 Å². The maximum absolute atomic E-state index is 12.3. The van der Waals surface area contributed by atoms with Crippen LogP contribution in [0.25, 0.3) is 0 Å². The molecule has 31 heavy (non-hydrogen) atoms. The second-order valence-corrected chi connectivity index (χ2v) is 9.05. The molecule has 1 heterocycles. The molecule has 2 atom stereocenters. The molecule has 0 radical (unpaired) electrons. The Morgan fingerprint density at radius 3 is 2.48 bits per heavy atom. The quantitative estimate of drug-likeness (QED) is 0.692. The third-order valence-electron chi connectivity index (χ3n) is 5.37. The molecule has 1 N–H and O–H groups in total. The van der Waals surface area contributed by atoms with Gasteiger partial charge in [0.25, 0.3) is 0 Å². The third kappa shape index (κ3) is 6.74. The van der Waals surface area contributed by atoms with E-state index in [9.17, 15) is 14.7 Å². The van der Waals surface area contributed by atoms with Crippen LogP contribution in [-0.4, -0.2) is 40.8 Å². The minimum absolute atomic E-state index is 0.112. The van der Waals surface area contributed by atoms with Gasteiger partial charge in [0, 0.05) is 13.1 Å². The summed E-state index contributed by atoms with van der Waals surface area (Å²) in [7, 11) is 0. The molecule has 1 fully saturated rings. The summed E-state index contributed by atoms with van der Waals surface area (Å²) in [5, 5.41) is 9.86. The van der Waals surface area contributed by atoms with Gasteiger partial charge in [-0.25, -0.2) is 4.79 Å². The SMILES string of the molecule is CC(C)(C)OC(=O)N1CCC(C(Cc2cccc(OCc3ccccc3)c2)C(=O)O)C1. The molecular weight excluding hydrogens is 394 g/mol. The topological polar surface area (TPSA) is 76.1 Å². The van der Waals surface area contributed by atoms with Gasteiger partial charge in [-0.3, -0.25) is 4.79 Å². The van der Waals surface area contributed by atoms with E-state index in [1.807, 2.05) is 75.4 Å². The highest BCUT2D eigenvalue weighted by Crippen LogP contribution is 2.29. The second kappa shape index (κ2) is 9.86. The van der Waals surface area contributed by atoms with E-state index in [1.54, 1.807) is 4.90 Å². The summed E-state index contributed by atoms with van der Waals surface area (Å²) in [6.45, 7) is 6.85. The molecule has 1 amide bonds. The average molecular weight is 426 g/mol. The van der Waals surface area contributed by atoms with E-state index in [1.165, 1.54) is 0 Å². The van der Waals surface area contributed by atoms with Crippen LogP contribution < -0.4 is 4.74 Å². The zero-order valence-electron chi connectivity index (χ0n) is 18.4. The molecule has 0 bridgehead atoms. The number of carbonyl (C=O) groups is 2. The Kier molecular flexibility index (Phi) is 7.21. The van der Waals surface area contributed by atoms with Gasteiger partial charge >= 0.3 is 12.1 Å². The summed E-state index contributed by atoms with van der Waals surface area (Å²) in [5.41, 5.74) is 1.42. The van der Waals surface area contributed by atoms with Gasteiger partial charge in [0.05, 0.1) is 5.92 Å². The number of hydrogen-bond acceptors (Lipinski definition) is 4. The minimum Gasteiger partial charge on any atom is -0.489 e. The monoisotopic (exact) mass is 425 g/mol. The first-order valence-electron chi connectivity index (χ1n) is 10.7. The maximum Gasteiger partial charge on any atom is 0.410 e. The Morgan fingerprint density at radius 1 is 1.10 bits per heavy atom. The van der Waals surface area contributed by atoms with Crippen molar-refractivity contribution < 1.29 is 24.2 Å². The molecule has 1 saturated heterocycles. The molecule has 0 aromatic heterocycles. The number of amides is 1. The molecule has 1 aliphatic rings. The lowest BCUT2D eigenvalue weighted by Crippen LogP contribution is -2.36. The number of likely N-dealkylation sites (tertiary alicyclic amines) is 1. The molecule has 2 unspecified atom stereocenters. The molecule has 0 aliphatic carbocycles. The first kappa shape index (κ1) is 22.7. The summed E-state index contributed by atoms with van der Waals surface area (Å²) in [5.74, 6) is -0.810. The zero-order valence-corrected chi connectivity index (χ0v) is 18.4. The minimum atomic E-state index is -0.841. The molecule has 0 saturated carbocycles. The highest BCUT2D eigenvalue weighted by Gasteiger charge is 2.37. The van der Waals surface area contributed by atoms with E-state index < -0.39 is 17.5 Å². The van der Waals surface area contributed by atoms with Crippen LogP contribution in [0.3, 0.4) is 0 Å². The van der Waals surface area contributed by atoms with E-state index in [0.717, 1.165) is 11.1 Å². The normalized spacial score (nSPS) is 17.3. The molecule has 6 nitrogen and oxygen atoms in total. The molecule has 6 heteroatoms. The van der Waals surface area contributed by atoms with Crippen LogP contribution in [0, 0.1) is 11.8 Å². The fourth-order valence-electron chi connectivity index (χ4n) is 3.82. The van der Waals surface area contributed by atoms with Crippen molar-refractivity contribution in [1.29, 1.82) is 0 Å². The largest absolute Gasteiger partial charge is 0.489 e. The van der Waals surface area contributed by atoms with Crippen molar-refractivity contribution in [1.82, 2.24) is 4.90 Å². The van der Waals surface area contributed by atoms with Crippen LogP contribution in [0.1, 0.15) is 38.3 Å². The van der Waals surface area contributed by atoms with Gasteiger partial charge in [0.15, 0.2) is 0 Å². The van der Waals surface area contributed by atoms with E-state index in [4.69, 9.17) is 9.47 Å². The Balaban J connectivity index is 1.61. The number of carboxylic acid groups (broad SMARTS) is 1. The fourth-order valence-corrected chi connectivity index (χ4v) is 3.82.